The number of halogens is 1. The molecule has 1 fully saturated rings. The van der Waals surface area contributed by atoms with Crippen LogP contribution in [0.2, 0.25) is 5.02 Å². The zero-order chi connectivity index (χ0) is 20.4. The number of rotatable bonds is 5. The third-order valence-corrected chi connectivity index (χ3v) is 7.66. The Kier molecular flexibility index (Phi) is 5.64. The third kappa shape index (κ3) is 4.18. The van der Waals surface area contributed by atoms with Gasteiger partial charge in [-0.3, -0.25) is 10.1 Å². The van der Waals surface area contributed by atoms with Crippen LogP contribution in [0.15, 0.2) is 59.5 Å². The molecule has 1 aliphatic heterocycles. The maximum atomic E-state index is 13.0. The van der Waals surface area contributed by atoms with Gasteiger partial charge in [-0.25, -0.2) is 8.42 Å². The molecule has 1 N–H and O–H groups in total. The first-order valence-electron chi connectivity index (χ1n) is 8.92. The summed E-state index contributed by atoms with van der Waals surface area (Å²) in [6.07, 6.45) is 1.05. The highest BCUT2D eigenvalue weighted by Gasteiger charge is 2.39. The van der Waals surface area contributed by atoms with Crippen LogP contribution in [0.1, 0.15) is 12.8 Å². The van der Waals surface area contributed by atoms with Gasteiger partial charge in [0.15, 0.2) is 0 Å². The Bertz CT molecular complexity index is 1120. The molecule has 1 saturated heterocycles. The summed E-state index contributed by atoms with van der Waals surface area (Å²) in [4.78, 5) is 12.9. The smallest absolute Gasteiger partial charge is 0.244 e. The van der Waals surface area contributed by atoms with Crippen LogP contribution < -0.4 is 5.32 Å². The van der Waals surface area contributed by atoms with Crippen LogP contribution in [0.3, 0.4) is 0 Å². The van der Waals surface area contributed by atoms with E-state index in [9.17, 15) is 13.2 Å². The van der Waals surface area contributed by atoms with Gasteiger partial charge in [-0.15, -0.1) is 10.2 Å². The van der Waals surface area contributed by atoms with Crippen LogP contribution in [0.5, 0.6) is 0 Å². The van der Waals surface area contributed by atoms with Crippen molar-refractivity contribution in [3.63, 3.8) is 0 Å². The van der Waals surface area contributed by atoms with Crippen molar-refractivity contribution in [3.8, 4) is 10.6 Å². The second-order valence-corrected chi connectivity index (χ2v) is 9.80. The van der Waals surface area contributed by atoms with Gasteiger partial charge in [-0.05, 0) is 37.1 Å². The summed E-state index contributed by atoms with van der Waals surface area (Å²) in [5, 5.41) is 12.3. The summed E-state index contributed by atoms with van der Waals surface area (Å²) in [5.41, 5.74) is 0.901. The molecule has 7 nitrogen and oxygen atoms in total. The zero-order valence-corrected chi connectivity index (χ0v) is 17.5. The molecule has 4 rings (SSSR count). The molecule has 0 saturated carbocycles. The quantitative estimate of drug-likeness (QED) is 0.643. The van der Waals surface area contributed by atoms with E-state index in [0.717, 1.165) is 5.56 Å². The molecule has 1 amide bonds. The number of anilines is 1. The summed E-state index contributed by atoms with van der Waals surface area (Å²) < 4.78 is 27.2. The number of aromatic nitrogens is 2. The summed E-state index contributed by atoms with van der Waals surface area (Å²) >= 11 is 7.10. The van der Waals surface area contributed by atoms with Gasteiger partial charge >= 0.3 is 0 Å². The molecule has 0 spiro atoms. The van der Waals surface area contributed by atoms with E-state index in [1.807, 2.05) is 30.3 Å². The van der Waals surface area contributed by atoms with E-state index >= 15 is 0 Å². The Morgan fingerprint density at radius 2 is 1.83 bits per heavy atom. The molecule has 150 valence electrons. The fourth-order valence-corrected chi connectivity index (χ4v) is 5.73. The second kappa shape index (κ2) is 8.19. The summed E-state index contributed by atoms with van der Waals surface area (Å²) in [5.74, 6) is -0.407. The highest BCUT2D eigenvalue weighted by atomic mass is 35.5. The number of sulfonamides is 1. The van der Waals surface area contributed by atoms with Crippen LogP contribution in [-0.4, -0.2) is 41.4 Å². The predicted octanol–water partition coefficient (Wildman–Crippen LogP) is 3.65. The monoisotopic (exact) mass is 448 g/mol. The number of nitrogens with zero attached hydrogens (tertiary/aromatic N) is 3. The van der Waals surface area contributed by atoms with E-state index in [0.29, 0.717) is 28.0 Å². The highest BCUT2D eigenvalue weighted by molar-refractivity contribution is 7.89. The van der Waals surface area contributed by atoms with Gasteiger partial charge < -0.3 is 0 Å². The first kappa shape index (κ1) is 20.0. The molecule has 1 aliphatic rings. The number of nitrogens with one attached hydrogen (secondary N) is 1. The highest BCUT2D eigenvalue weighted by Crippen LogP contribution is 2.29. The fraction of sp³-hybridized carbons (Fsp3) is 0.211. The van der Waals surface area contributed by atoms with Crippen LogP contribution >= 0.6 is 22.9 Å². The number of hydrogen-bond acceptors (Lipinski definition) is 6. The molecule has 0 radical (unpaired) electrons. The van der Waals surface area contributed by atoms with E-state index in [1.54, 1.807) is 0 Å². The summed E-state index contributed by atoms with van der Waals surface area (Å²) in [6.45, 7) is 0.286. The Morgan fingerprint density at radius 1 is 1.10 bits per heavy atom. The SMILES string of the molecule is O=C(Nc1nnc(-c2ccccc2)s1)C1CCCN1S(=O)(=O)c1ccc(Cl)cc1. The van der Waals surface area contributed by atoms with Crippen molar-refractivity contribution in [1.82, 2.24) is 14.5 Å². The molecule has 2 aromatic carbocycles. The number of hydrogen-bond donors (Lipinski definition) is 1. The van der Waals surface area contributed by atoms with Crippen molar-refractivity contribution >= 4 is 44.0 Å². The first-order chi connectivity index (χ1) is 13.9. The molecule has 10 heteroatoms. The van der Waals surface area contributed by atoms with Gasteiger partial charge in [0.25, 0.3) is 0 Å². The molecule has 0 aliphatic carbocycles. The number of carbonyl (C=O) groups excluding carboxylic acids is 1. The van der Waals surface area contributed by atoms with E-state index in [1.165, 1.54) is 39.9 Å². The van der Waals surface area contributed by atoms with Crippen molar-refractivity contribution in [2.45, 2.75) is 23.8 Å². The second-order valence-electron chi connectivity index (χ2n) is 6.50. The number of carbonyl (C=O) groups is 1. The maximum absolute atomic E-state index is 13.0. The van der Waals surface area contributed by atoms with Crippen LogP contribution in [0.4, 0.5) is 5.13 Å². The minimum atomic E-state index is -3.80. The molecular weight excluding hydrogens is 432 g/mol. The average molecular weight is 449 g/mol. The van der Waals surface area contributed by atoms with Crippen LogP contribution in [-0.2, 0) is 14.8 Å². The summed E-state index contributed by atoms with van der Waals surface area (Å²) in [6, 6.07) is 14.7. The topological polar surface area (TPSA) is 92.3 Å². The third-order valence-electron chi connectivity index (χ3n) is 4.60. The molecule has 3 aromatic rings. The fourth-order valence-electron chi connectivity index (χ4n) is 3.19. The minimum Gasteiger partial charge on any atom is -0.299 e. The first-order valence-corrected chi connectivity index (χ1v) is 11.6. The molecular formula is C19H17ClN4O3S2. The average Bonchev–Trinajstić information content (AvgIpc) is 3.39. The van der Waals surface area contributed by atoms with E-state index < -0.39 is 22.0 Å². The van der Waals surface area contributed by atoms with E-state index in [-0.39, 0.29) is 11.4 Å². The van der Waals surface area contributed by atoms with Gasteiger partial charge in [0, 0.05) is 17.1 Å². The van der Waals surface area contributed by atoms with E-state index in [4.69, 9.17) is 11.6 Å². The largest absolute Gasteiger partial charge is 0.299 e. The lowest BCUT2D eigenvalue weighted by molar-refractivity contribution is -0.119. The molecule has 1 atom stereocenters. The van der Waals surface area contributed by atoms with Crippen molar-refractivity contribution in [1.29, 1.82) is 0 Å². The normalized spacial score (nSPS) is 17.3. The van der Waals surface area contributed by atoms with E-state index in [2.05, 4.69) is 15.5 Å². The Balaban J connectivity index is 1.51. The predicted molar refractivity (Wildman–Crippen MR) is 112 cm³/mol. The van der Waals surface area contributed by atoms with Crippen LogP contribution in [0, 0.1) is 0 Å². The Labute approximate surface area is 177 Å². The van der Waals surface area contributed by atoms with Gasteiger partial charge in [0.05, 0.1) is 4.90 Å². The summed E-state index contributed by atoms with van der Waals surface area (Å²) in [7, 11) is -3.80. The van der Waals surface area contributed by atoms with Crippen molar-refractivity contribution < 1.29 is 13.2 Å². The molecule has 1 aromatic heterocycles. The molecule has 0 bridgehead atoms. The molecule has 29 heavy (non-hydrogen) atoms. The lowest BCUT2D eigenvalue weighted by Crippen LogP contribution is -2.43. The number of amides is 1. The van der Waals surface area contributed by atoms with Crippen molar-refractivity contribution in [2.24, 2.45) is 0 Å². The standard InChI is InChI=1S/C19H17ClN4O3S2/c20-14-8-10-15(11-9-14)29(26,27)24-12-4-7-16(24)17(25)21-19-23-22-18(28-19)13-5-2-1-3-6-13/h1-3,5-6,8-11,16H,4,7,12H2,(H,21,23,25). The van der Waals surface area contributed by atoms with Gasteiger partial charge in [0.2, 0.25) is 21.1 Å². The van der Waals surface area contributed by atoms with Crippen molar-refractivity contribution in [2.75, 3.05) is 11.9 Å². The van der Waals surface area contributed by atoms with Gasteiger partial charge in [-0.2, -0.15) is 4.31 Å². The van der Waals surface area contributed by atoms with Crippen molar-refractivity contribution in [3.05, 3.63) is 59.6 Å². The number of benzene rings is 2. The molecule has 1 unspecified atom stereocenters. The maximum Gasteiger partial charge on any atom is 0.244 e. The minimum absolute atomic E-state index is 0.115. The Hall–Kier alpha value is -2.33. The van der Waals surface area contributed by atoms with Gasteiger partial charge in [-0.1, -0.05) is 53.3 Å². The lowest BCUT2D eigenvalue weighted by Gasteiger charge is -2.23. The van der Waals surface area contributed by atoms with Crippen LogP contribution in [0.25, 0.3) is 10.6 Å². The molecule has 2 heterocycles. The lowest BCUT2D eigenvalue weighted by atomic mass is 10.2. The van der Waals surface area contributed by atoms with Gasteiger partial charge in [0.1, 0.15) is 11.0 Å². The Morgan fingerprint density at radius 3 is 2.55 bits per heavy atom. The zero-order valence-electron chi connectivity index (χ0n) is 15.2.